The van der Waals surface area contributed by atoms with E-state index in [4.69, 9.17) is 23.2 Å². The average molecular weight is 317 g/mol. The summed E-state index contributed by atoms with van der Waals surface area (Å²) in [5.41, 5.74) is 0.805. The first-order valence-corrected chi connectivity index (χ1v) is 7.44. The molecule has 0 aliphatic rings. The molecule has 20 heavy (non-hydrogen) atoms. The van der Waals surface area contributed by atoms with E-state index in [1.54, 1.807) is 6.07 Å². The van der Waals surface area contributed by atoms with E-state index in [9.17, 15) is 4.79 Å². The summed E-state index contributed by atoms with van der Waals surface area (Å²) in [6.45, 7) is 8.42. The van der Waals surface area contributed by atoms with Gasteiger partial charge in [-0.2, -0.15) is 0 Å². The first-order valence-electron chi connectivity index (χ1n) is 6.68. The van der Waals surface area contributed by atoms with E-state index in [1.165, 1.54) is 0 Å². The van der Waals surface area contributed by atoms with Crippen LogP contribution in [0.15, 0.2) is 18.2 Å². The van der Waals surface area contributed by atoms with E-state index < -0.39 is 0 Å². The number of carbonyl (C=O) groups is 1. The smallest absolute Gasteiger partial charge is 0.237 e. The lowest BCUT2D eigenvalue weighted by Gasteiger charge is -2.23. The van der Waals surface area contributed by atoms with Crippen molar-refractivity contribution in [1.82, 2.24) is 10.6 Å². The first kappa shape index (κ1) is 17.3. The van der Waals surface area contributed by atoms with Crippen LogP contribution in [0, 0.1) is 0 Å². The standard InChI is InChI=1S/C15H22Cl2N2O/c1-10(14(20)19-15(2,3)4)18-8-7-11-5-6-12(16)9-13(11)17/h5-6,9-10,18H,7-8H2,1-4H3,(H,19,20). The molecule has 3 nitrogen and oxygen atoms in total. The zero-order valence-corrected chi connectivity index (χ0v) is 13.9. The highest BCUT2D eigenvalue weighted by Crippen LogP contribution is 2.21. The van der Waals surface area contributed by atoms with Crippen LogP contribution in [-0.4, -0.2) is 24.0 Å². The summed E-state index contributed by atoms with van der Waals surface area (Å²) in [5.74, 6) is -0.000275. The molecule has 5 heteroatoms. The van der Waals surface area contributed by atoms with Crippen molar-refractivity contribution in [3.05, 3.63) is 33.8 Å². The Kier molecular flexibility index (Phi) is 6.31. The lowest BCUT2D eigenvalue weighted by Crippen LogP contribution is -2.49. The van der Waals surface area contributed by atoms with Crippen molar-refractivity contribution in [3.63, 3.8) is 0 Å². The quantitative estimate of drug-likeness (QED) is 0.873. The van der Waals surface area contributed by atoms with E-state index in [1.807, 2.05) is 39.8 Å². The number of halogens is 2. The SMILES string of the molecule is CC(NCCc1ccc(Cl)cc1Cl)C(=O)NC(C)(C)C. The Morgan fingerprint density at radius 2 is 1.95 bits per heavy atom. The largest absolute Gasteiger partial charge is 0.350 e. The fourth-order valence-electron chi connectivity index (χ4n) is 1.72. The van der Waals surface area contributed by atoms with Crippen LogP contribution < -0.4 is 10.6 Å². The lowest BCUT2D eigenvalue weighted by molar-refractivity contribution is -0.124. The Hall–Kier alpha value is -0.770. The van der Waals surface area contributed by atoms with E-state index in [0.29, 0.717) is 16.6 Å². The van der Waals surface area contributed by atoms with Gasteiger partial charge in [-0.1, -0.05) is 29.3 Å². The molecule has 1 unspecified atom stereocenters. The van der Waals surface area contributed by atoms with Gasteiger partial charge in [0.1, 0.15) is 0 Å². The van der Waals surface area contributed by atoms with E-state index in [-0.39, 0.29) is 17.5 Å². The molecule has 0 aromatic heterocycles. The summed E-state index contributed by atoms with van der Waals surface area (Å²) in [4.78, 5) is 11.9. The van der Waals surface area contributed by atoms with Gasteiger partial charge < -0.3 is 10.6 Å². The summed E-state index contributed by atoms with van der Waals surface area (Å²) in [6, 6.07) is 5.22. The molecular weight excluding hydrogens is 295 g/mol. The van der Waals surface area contributed by atoms with Crippen LogP contribution in [0.5, 0.6) is 0 Å². The van der Waals surface area contributed by atoms with Gasteiger partial charge in [0.25, 0.3) is 0 Å². The molecule has 1 rings (SSSR count). The number of carbonyl (C=O) groups excluding carboxylic acids is 1. The topological polar surface area (TPSA) is 41.1 Å². The van der Waals surface area contributed by atoms with Crippen LogP contribution in [0.1, 0.15) is 33.3 Å². The highest BCUT2D eigenvalue weighted by atomic mass is 35.5. The predicted molar refractivity (Wildman–Crippen MR) is 85.5 cm³/mol. The molecule has 0 fully saturated rings. The summed E-state index contributed by atoms with van der Waals surface area (Å²) >= 11 is 12.0. The fraction of sp³-hybridized carbons (Fsp3) is 0.533. The number of amides is 1. The number of benzene rings is 1. The van der Waals surface area contributed by atoms with Crippen LogP contribution in [0.4, 0.5) is 0 Å². The minimum absolute atomic E-state index is 0.000275. The third-order valence-corrected chi connectivity index (χ3v) is 3.34. The van der Waals surface area contributed by atoms with Gasteiger partial charge in [-0.25, -0.2) is 0 Å². The molecular formula is C15H22Cl2N2O. The lowest BCUT2D eigenvalue weighted by atomic mass is 10.1. The Labute approximate surface area is 131 Å². The van der Waals surface area contributed by atoms with Crippen molar-refractivity contribution in [2.45, 2.75) is 45.7 Å². The van der Waals surface area contributed by atoms with E-state index >= 15 is 0 Å². The molecule has 1 aromatic carbocycles. The molecule has 0 saturated carbocycles. The summed E-state index contributed by atoms with van der Waals surface area (Å²) in [5, 5.41) is 7.42. The van der Waals surface area contributed by atoms with Crippen LogP contribution in [0.2, 0.25) is 10.0 Å². The second-order valence-corrected chi connectivity index (χ2v) is 6.74. The maximum absolute atomic E-state index is 11.9. The van der Waals surface area contributed by atoms with Crippen molar-refractivity contribution in [2.24, 2.45) is 0 Å². The van der Waals surface area contributed by atoms with Gasteiger partial charge in [-0.15, -0.1) is 0 Å². The molecule has 1 atom stereocenters. The van der Waals surface area contributed by atoms with Crippen molar-refractivity contribution >= 4 is 29.1 Å². The highest BCUT2D eigenvalue weighted by Gasteiger charge is 2.18. The third-order valence-electron chi connectivity index (χ3n) is 2.75. The van der Waals surface area contributed by atoms with Gasteiger partial charge in [0, 0.05) is 15.6 Å². The number of nitrogens with one attached hydrogen (secondary N) is 2. The second kappa shape index (κ2) is 7.30. The third kappa shape index (κ3) is 6.12. The molecule has 0 saturated heterocycles. The minimum Gasteiger partial charge on any atom is -0.350 e. The molecule has 1 aromatic rings. The van der Waals surface area contributed by atoms with Gasteiger partial charge in [-0.05, 0) is 58.4 Å². The van der Waals surface area contributed by atoms with E-state index in [2.05, 4.69) is 10.6 Å². The van der Waals surface area contributed by atoms with Gasteiger partial charge in [0.15, 0.2) is 0 Å². The summed E-state index contributed by atoms with van der Waals surface area (Å²) in [6.07, 6.45) is 0.753. The fourth-order valence-corrected chi connectivity index (χ4v) is 2.22. The molecule has 112 valence electrons. The van der Waals surface area contributed by atoms with Gasteiger partial charge in [-0.3, -0.25) is 4.79 Å². The van der Waals surface area contributed by atoms with Crippen LogP contribution in [-0.2, 0) is 11.2 Å². The molecule has 0 heterocycles. The maximum Gasteiger partial charge on any atom is 0.237 e. The monoisotopic (exact) mass is 316 g/mol. The number of hydrogen-bond donors (Lipinski definition) is 2. The van der Waals surface area contributed by atoms with Gasteiger partial charge in [0.05, 0.1) is 6.04 Å². The number of hydrogen-bond acceptors (Lipinski definition) is 2. The zero-order valence-electron chi connectivity index (χ0n) is 12.4. The molecule has 1 amide bonds. The van der Waals surface area contributed by atoms with Crippen LogP contribution in [0.25, 0.3) is 0 Å². The normalized spacial score (nSPS) is 13.1. The van der Waals surface area contributed by atoms with Gasteiger partial charge in [0.2, 0.25) is 5.91 Å². The Morgan fingerprint density at radius 3 is 2.50 bits per heavy atom. The van der Waals surface area contributed by atoms with Crippen molar-refractivity contribution < 1.29 is 4.79 Å². The summed E-state index contributed by atoms with van der Waals surface area (Å²) in [7, 11) is 0. The van der Waals surface area contributed by atoms with Crippen LogP contribution >= 0.6 is 23.2 Å². The minimum atomic E-state index is -0.236. The summed E-state index contributed by atoms with van der Waals surface area (Å²) < 4.78 is 0. The average Bonchev–Trinajstić information content (AvgIpc) is 2.29. The van der Waals surface area contributed by atoms with Crippen molar-refractivity contribution in [2.75, 3.05) is 6.54 Å². The zero-order chi connectivity index (χ0) is 15.3. The Morgan fingerprint density at radius 1 is 1.30 bits per heavy atom. The van der Waals surface area contributed by atoms with E-state index in [0.717, 1.165) is 12.0 Å². The molecule has 2 N–H and O–H groups in total. The second-order valence-electron chi connectivity index (χ2n) is 5.90. The van der Waals surface area contributed by atoms with Crippen molar-refractivity contribution in [3.8, 4) is 0 Å². The molecule has 0 radical (unpaired) electrons. The molecule has 0 bridgehead atoms. The predicted octanol–water partition coefficient (Wildman–Crippen LogP) is 3.43. The Balaban J connectivity index is 2.42. The van der Waals surface area contributed by atoms with Crippen molar-refractivity contribution in [1.29, 1.82) is 0 Å². The first-order chi connectivity index (χ1) is 9.19. The highest BCUT2D eigenvalue weighted by molar-refractivity contribution is 6.35. The molecule has 0 aliphatic heterocycles. The molecule has 0 spiro atoms. The molecule has 0 aliphatic carbocycles. The van der Waals surface area contributed by atoms with Crippen LogP contribution in [0.3, 0.4) is 0 Å². The van der Waals surface area contributed by atoms with Gasteiger partial charge >= 0.3 is 0 Å². The number of rotatable bonds is 5. The maximum atomic E-state index is 11.9. The Bertz CT molecular complexity index is 469.